The van der Waals surface area contributed by atoms with Crippen LogP contribution in [0.4, 0.5) is 5.69 Å². The standard InChI is InChI=1S/C15H18N2O4/c1-10-3-4-11(2)12(7-10)16-8-13(18)17(14(19)9-16)6-5-15(20)21/h3-4,7H,5-6,8-9H2,1-2H3,(H,20,21). The molecule has 6 nitrogen and oxygen atoms in total. The fourth-order valence-electron chi connectivity index (χ4n) is 2.38. The SMILES string of the molecule is Cc1ccc(C)c(N2CC(=O)N(CCC(=O)O)C(=O)C2)c1. The van der Waals surface area contributed by atoms with Crippen molar-refractivity contribution in [3.05, 3.63) is 29.3 Å². The van der Waals surface area contributed by atoms with Gasteiger partial charge in [-0.05, 0) is 31.0 Å². The maximum absolute atomic E-state index is 12.1. The Kier molecular flexibility index (Phi) is 4.26. The second-order valence-electron chi connectivity index (χ2n) is 5.23. The van der Waals surface area contributed by atoms with Gasteiger partial charge in [0.15, 0.2) is 0 Å². The molecule has 1 aliphatic heterocycles. The summed E-state index contributed by atoms with van der Waals surface area (Å²) in [5.74, 6) is -1.73. The monoisotopic (exact) mass is 290 g/mol. The minimum absolute atomic E-state index is 0.0619. The zero-order valence-electron chi connectivity index (χ0n) is 12.1. The van der Waals surface area contributed by atoms with Crippen LogP contribution in [0.15, 0.2) is 18.2 Å². The van der Waals surface area contributed by atoms with Crippen LogP contribution in [0.5, 0.6) is 0 Å². The predicted molar refractivity (Wildman–Crippen MR) is 77.1 cm³/mol. The van der Waals surface area contributed by atoms with Gasteiger partial charge >= 0.3 is 5.97 Å². The lowest BCUT2D eigenvalue weighted by molar-refractivity contribution is -0.146. The highest BCUT2D eigenvalue weighted by Gasteiger charge is 2.31. The minimum atomic E-state index is -1.02. The maximum atomic E-state index is 12.1. The van der Waals surface area contributed by atoms with Gasteiger partial charge in [0, 0.05) is 12.2 Å². The first-order chi connectivity index (χ1) is 9.88. The molecule has 0 unspecified atom stereocenters. The van der Waals surface area contributed by atoms with E-state index in [0.717, 1.165) is 21.7 Å². The number of anilines is 1. The van der Waals surface area contributed by atoms with Gasteiger partial charge in [-0.15, -0.1) is 0 Å². The van der Waals surface area contributed by atoms with Crippen LogP contribution >= 0.6 is 0 Å². The number of carbonyl (C=O) groups is 3. The quantitative estimate of drug-likeness (QED) is 0.835. The largest absolute Gasteiger partial charge is 0.481 e. The molecular formula is C15H18N2O4. The normalized spacial score (nSPS) is 15.5. The Morgan fingerprint density at radius 1 is 1.19 bits per heavy atom. The lowest BCUT2D eigenvalue weighted by Gasteiger charge is -2.34. The third-order valence-corrected chi connectivity index (χ3v) is 3.51. The lowest BCUT2D eigenvalue weighted by atomic mass is 10.1. The van der Waals surface area contributed by atoms with Crippen LogP contribution in [0.1, 0.15) is 17.5 Å². The van der Waals surface area contributed by atoms with E-state index in [0.29, 0.717) is 0 Å². The minimum Gasteiger partial charge on any atom is -0.481 e. The number of aliphatic carboxylic acids is 1. The molecule has 1 aromatic carbocycles. The highest BCUT2D eigenvalue weighted by atomic mass is 16.4. The Balaban J connectivity index is 2.14. The van der Waals surface area contributed by atoms with Gasteiger partial charge in [0.2, 0.25) is 11.8 Å². The van der Waals surface area contributed by atoms with Crippen LogP contribution in [-0.2, 0) is 14.4 Å². The van der Waals surface area contributed by atoms with E-state index < -0.39 is 5.97 Å². The van der Waals surface area contributed by atoms with E-state index in [-0.39, 0.29) is 37.9 Å². The first-order valence-electron chi connectivity index (χ1n) is 6.75. The molecule has 0 bridgehead atoms. The molecule has 0 atom stereocenters. The molecule has 1 aromatic rings. The van der Waals surface area contributed by atoms with Gasteiger partial charge in [0.05, 0.1) is 19.5 Å². The third-order valence-electron chi connectivity index (χ3n) is 3.51. The average Bonchev–Trinajstić information content (AvgIpc) is 2.40. The number of hydrogen-bond acceptors (Lipinski definition) is 4. The van der Waals surface area contributed by atoms with Crippen molar-refractivity contribution in [2.75, 3.05) is 24.5 Å². The molecule has 112 valence electrons. The van der Waals surface area contributed by atoms with Crippen molar-refractivity contribution in [2.45, 2.75) is 20.3 Å². The zero-order chi connectivity index (χ0) is 15.6. The van der Waals surface area contributed by atoms with Gasteiger partial charge in [-0.25, -0.2) is 0 Å². The van der Waals surface area contributed by atoms with E-state index in [1.54, 1.807) is 4.90 Å². The topological polar surface area (TPSA) is 77.9 Å². The van der Waals surface area contributed by atoms with E-state index in [1.165, 1.54) is 0 Å². The summed E-state index contributed by atoms with van der Waals surface area (Å²) < 4.78 is 0. The molecule has 1 heterocycles. The molecule has 1 saturated heterocycles. The predicted octanol–water partition coefficient (Wildman–Crippen LogP) is 0.953. The molecule has 0 aromatic heterocycles. The summed E-state index contributed by atoms with van der Waals surface area (Å²) in [5, 5.41) is 8.65. The fraction of sp³-hybridized carbons (Fsp3) is 0.400. The first-order valence-corrected chi connectivity index (χ1v) is 6.75. The van der Waals surface area contributed by atoms with Gasteiger partial charge in [0.1, 0.15) is 0 Å². The van der Waals surface area contributed by atoms with Gasteiger partial charge in [0.25, 0.3) is 0 Å². The fourth-order valence-corrected chi connectivity index (χ4v) is 2.38. The number of hydrogen-bond donors (Lipinski definition) is 1. The zero-order valence-corrected chi connectivity index (χ0v) is 12.1. The third kappa shape index (κ3) is 3.39. The van der Waals surface area contributed by atoms with Gasteiger partial charge in [-0.3, -0.25) is 19.3 Å². The Labute approximate surface area is 123 Å². The number of imide groups is 1. The number of piperazine rings is 1. The van der Waals surface area contributed by atoms with Crippen LogP contribution in [0.2, 0.25) is 0 Å². The number of aryl methyl sites for hydroxylation is 2. The summed E-state index contributed by atoms with van der Waals surface area (Å²) in [5.41, 5.74) is 2.93. The number of carboxylic acids is 1. The summed E-state index contributed by atoms with van der Waals surface area (Å²) in [4.78, 5) is 37.5. The number of carbonyl (C=O) groups excluding carboxylic acids is 2. The van der Waals surface area contributed by atoms with Crippen LogP contribution in [0, 0.1) is 13.8 Å². The molecule has 2 amide bonds. The second kappa shape index (κ2) is 5.95. The Bertz CT molecular complexity index is 579. The highest BCUT2D eigenvalue weighted by molar-refractivity contribution is 6.03. The average molecular weight is 290 g/mol. The lowest BCUT2D eigenvalue weighted by Crippen LogP contribution is -2.54. The van der Waals surface area contributed by atoms with Crippen LogP contribution in [0.3, 0.4) is 0 Å². The van der Waals surface area contributed by atoms with Crippen molar-refractivity contribution >= 4 is 23.5 Å². The number of amides is 2. The van der Waals surface area contributed by atoms with Gasteiger partial charge in [-0.1, -0.05) is 12.1 Å². The number of carboxylic acid groups (broad SMARTS) is 1. The van der Waals surface area contributed by atoms with Gasteiger partial charge < -0.3 is 10.0 Å². The Morgan fingerprint density at radius 3 is 2.38 bits per heavy atom. The van der Waals surface area contributed by atoms with Gasteiger partial charge in [-0.2, -0.15) is 0 Å². The van der Waals surface area contributed by atoms with Crippen molar-refractivity contribution in [1.29, 1.82) is 0 Å². The molecular weight excluding hydrogens is 272 g/mol. The van der Waals surface area contributed by atoms with Crippen molar-refractivity contribution in [3.8, 4) is 0 Å². The molecule has 21 heavy (non-hydrogen) atoms. The molecule has 1 fully saturated rings. The molecule has 0 saturated carbocycles. The molecule has 6 heteroatoms. The van der Waals surface area contributed by atoms with E-state index in [2.05, 4.69) is 0 Å². The van der Waals surface area contributed by atoms with Crippen LogP contribution < -0.4 is 4.90 Å². The van der Waals surface area contributed by atoms with E-state index in [4.69, 9.17) is 5.11 Å². The van der Waals surface area contributed by atoms with E-state index in [9.17, 15) is 14.4 Å². The molecule has 1 aliphatic rings. The van der Waals surface area contributed by atoms with Crippen LogP contribution in [-0.4, -0.2) is 47.4 Å². The summed E-state index contributed by atoms with van der Waals surface area (Å²) in [6.07, 6.45) is -0.221. The maximum Gasteiger partial charge on any atom is 0.305 e. The Hall–Kier alpha value is -2.37. The molecule has 0 radical (unpaired) electrons. The summed E-state index contributed by atoms with van der Waals surface area (Å²) in [6, 6.07) is 5.88. The second-order valence-corrected chi connectivity index (χ2v) is 5.23. The first kappa shape index (κ1) is 15.0. The summed E-state index contributed by atoms with van der Waals surface area (Å²) in [6.45, 7) is 4.01. The van der Waals surface area contributed by atoms with Crippen molar-refractivity contribution in [2.24, 2.45) is 0 Å². The molecule has 0 aliphatic carbocycles. The van der Waals surface area contributed by atoms with Crippen molar-refractivity contribution in [1.82, 2.24) is 4.90 Å². The van der Waals surface area contributed by atoms with Crippen molar-refractivity contribution < 1.29 is 19.5 Å². The number of nitrogens with zero attached hydrogens (tertiary/aromatic N) is 2. The highest BCUT2D eigenvalue weighted by Crippen LogP contribution is 2.23. The summed E-state index contributed by atoms with van der Waals surface area (Å²) >= 11 is 0. The Morgan fingerprint density at radius 2 is 1.81 bits per heavy atom. The number of rotatable bonds is 4. The van der Waals surface area contributed by atoms with E-state index in [1.807, 2.05) is 32.0 Å². The van der Waals surface area contributed by atoms with Crippen molar-refractivity contribution in [3.63, 3.8) is 0 Å². The van der Waals surface area contributed by atoms with Crippen LogP contribution in [0.25, 0.3) is 0 Å². The molecule has 2 rings (SSSR count). The van der Waals surface area contributed by atoms with E-state index >= 15 is 0 Å². The molecule has 1 N–H and O–H groups in total. The molecule has 0 spiro atoms. The number of benzene rings is 1. The smallest absolute Gasteiger partial charge is 0.305 e. The summed E-state index contributed by atoms with van der Waals surface area (Å²) in [7, 11) is 0.